The van der Waals surface area contributed by atoms with Crippen LogP contribution in [0, 0.1) is 39.9 Å². The summed E-state index contributed by atoms with van der Waals surface area (Å²) in [4.78, 5) is 5.51. The van der Waals surface area contributed by atoms with Crippen LogP contribution in [0.4, 0.5) is 0 Å². The Morgan fingerprint density at radius 2 is 1.81 bits per heavy atom. The first-order valence-electron chi connectivity index (χ1n) is 11.2. The molecule has 0 heterocycles. The normalized spacial score (nSPS) is 48.6. The zero-order valence-corrected chi connectivity index (χ0v) is 17.5. The molecule has 0 aromatic heterocycles. The Kier molecular flexibility index (Phi) is 4.69. The van der Waals surface area contributed by atoms with Crippen LogP contribution in [-0.2, 0) is 4.84 Å². The van der Waals surface area contributed by atoms with E-state index in [1.807, 2.05) is 0 Å². The van der Waals surface area contributed by atoms with E-state index in [9.17, 15) is 0 Å². The lowest BCUT2D eigenvalue weighted by Gasteiger charge is -2.63. The average Bonchev–Trinajstić information content (AvgIpc) is 2.99. The van der Waals surface area contributed by atoms with Gasteiger partial charge in [0.05, 0.1) is 5.71 Å². The van der Waals surface area contributed by atoms with E-state index in [0.29, 0.717) is 24.0 Å². The van der Waals surface area contributed by atoms with Crippen LogP contribution in [0.15, 0.2) is 5.16 Å². The van der Waals surface area contributed by atoms with E-state index in [0.717, 1.165) is 30.1 Å². The van der Waals surface area contributed by atoms with Gasteiger partial charge < -0.3 is 10.6 Å². The van der Waals surface area contributed by atoms with Crippen molar-refractivity contribution in [1.29, 1.82) is 0 Å². The van der Waals surface area contributed by atoms with Gasteiger partial charge in [0.15, 0.2) is 0 Å². The van der Waals surface area contributed by atoms with Crippen LogP contribution in [0.25, 0.3) is 0 Å². The van der Waals surface area contributed by atoms with Crippen LogP contribution in [-0.4, -0.2) is 18.9 Å². The van der Waals surface area contributed by atoms with E-state index >= 15 is 0 Å². The van der Waals surface area contributed by atoms with E-state index in [-0.39, 0.29) is 5.41 Å². The molecule has 0 aliphatic heterocycles. The summed E-state index contributed by atoms with van der Waals surface area (Å²) < 4.78 is 0. The third-order valence-electron chi connectivity index (χ3n) is 9.55. The van der Waals surface area contributed by atoms with Gasteiger partial charge in [0.25, 0.3) is 0 Å². The number of fused-ring (bicyclic) bond motifs is 5. The third-order valence-corrected chi connectivity index (χ3v) is 9.55. The minimum absolute atomic E-state index is 0.156. The number of hydrogen-bond acceptors (Lipinski definition) is 3. The van der Waals surface area contributed by atoms with Crippen molar-refractivity contribution in [2.24, 2.45) is 50.8 Å². The average molecular weight is 361 g/mol. The topological polar surface area (TPSA) is 47.6 Å². The second-order valence-electron chi connectivity index (χ2n) is 11.0. The summed E-state index contributed by atoms with van der Waals surface area (Å²) in [6, 6.07) is 0. The molecule has 148 valence electrons. The highest BCUT2D eigenvalue weighted by Crippen LogP contribution is 2.68. The van der Waals surface area contributed by atoms with Crippen LogP contribution in [0.5, 0.6) is 0 Å². The molecule has 26 heavy (non-hydrogen) atoms. The monoisotopic (exact) mass is 360 g/mol. The lowest BCUT2D eigenvalue weighted by Crippen LogP contribution is -2.57. The van der Waals surface area contributed by atoms with Gasteiger partial charge in [0.1, 0.15) is 6.61 Å². The molecule has 2 N–H and O–H groups in total. The molecule has 4 aliphatic carbocycles. The lowest BCUT2D eigenvalue weighted by molar-refractivity contribution is -0.117. The lowest BCUT2D eigenvalue weighted by atomic mass is 9.41. The van der Waals surface area contributed by atoms with Crippen molar-refractivity contribution in [3.63, 3.8) is 0 Å². The van der Waals surface area contributed by atoms with Gasteiger partial charge in [-0.3, -0.25) is 0 Å². The zero-order chi connectivity index (χ0) is 18.6. The number of oxime groups is 1. The Balaban J connectivity index is 1.59. The van der Waals surface area contributed by atoms with Crippen LogP contribution in [0.1, 0.15) is 85.5 Å². The van der Waals surface area contributed by atoms with Crippen molar-refractivity contribution in [1.82, 2.24) is 0 Å². The van der Waals surface area contributed by atoms with E-state index in [1.165, 1.54) is 57.1 Å². The molecule has 4 saturated carbocycles. The molecule has 3 heteroatoms. The van der Waals surface area contributed by atoms with E-state index in [2.05, 4.69) is 32.9 Å². The molecule has 0 unspecified atom stereocenters. The Hall–Kier alpha value is -0.570. The van der Waals surface area contributed by atoms with E-state index in [4.69, 9.17) is 10.6 Å². The van der Waals surface area contributed by atoms with Crippen molar-refractivity contribution >= 4 is 5.71 Å². The van der Waals surface area contributed by atoms with Crippen molar-refractivity contribution in [2.45, 2.75) is 85.5 Å². The molecule has 0 saturated heterocycles. The smallest absolute Gasteiger partial charge is 0.129 e. The van der Waals surface area contributed by atoms with Crippen molar-refractivity contribution < 1.29 is 4.84 Å². The minimum Gasteiger partial charge on any atom is -0.394 e. The first-order valence-corrected chi connectivity index (χ1v) is 11.2. The van der Waals surface area contributed by atoms with Crippen molar-refractivity contribution in [2.75, 3.05) is 13.2 Å². The highest BCUT2D eigenvalue weighted by atomic mass is 16.6. The Morgan fingerprint density at radius 1 is 1.00 bits per heavy atom. The standard InChI is InChI=1S/C23H40N2O/c1-21(2)19-8-7-16-17-6-5-11-22(17,3)12-9-18(16)23(19,4)13-10-20(21)25-26-15-14-24/h16-19H,5-15,24H2,1-4H3/t16-,17-,18-,19-,22-,23+/m0/s1. The molecule has 4 fully saturated rings. The predicted molar refractivity (Wildman–Crippen MR) is 108 cm³/mol. The highest BCUT2D eigenvalue weighted by Gasteiger charge is 2.61. The van der Waals surface area contributed by atoms with Crippen molar-refractivity contribution in [3.8, 4) is 0 Å². The second kappa shape index (κ2) is 6.50. The van der Waals surface area contributed by atoms with Gasteiger partial charge in [-0.2, -0.15) is 0 Å². The Labute approximate surface area is 160 Å². The van der Waals surface area contributed by atoms with Gasteiger partial charge in [-0.25, -0.2) is 0 Å². The van der Waals surface area contributed by atoms with E-state index in [1.54, 1.807) is 0 Å². The number of hydrogen-bond donors (Lipinski definition) is 1. The summed E-state index contributed by atoms with van der Waals surface area (Å²) >= 11 is 0. The summed E-state index contributed by atoms with van der Waals surface area (Å²) in [6.45, 7) is 11.2. The summed E-state index contributed by atoms with van der Waals surface area (Å²) in [7, 11) is 0. The van der Waals surface area contributed by atoms with Crippen LogP contribution in [0.2, 0.25) is 0 Å². The molecule has 0 radical (unpaired) electrons. The maximum absolute atomic E-state index is 5.57. The second-order valence-corrected chi connectivity index (χ2v) is 11.0. The number of nitrogens with two attached hydrogens (primary N) is 1. The van der Waals surface area contributed by atoms with Gasteiger partial charge in [0.2, 0.25) is 0 Å². The first-order chi connectivity index (χ1) is 12.3. The SMILES string of the molecule is CC1(C)C(=NOCCN)CC[C@]2(C)[C@H]3CC[C@]4(C)CCC[C@H]4[C@@H]3CC[C@@H]12. The molecule has 0 bridgehead atoms. The summed E-state index contributed by atoms with van der Waals surface area (Å²) in [5.74, 6) is 3.67. The first kappa shape index (κ1) is 18.8. The molecule has 0 spiro atoms. The van der Waals surface area contributed by atoms with E-state index < -0.39 is 0 Å². The quantitative estimate of drug-likeness (QED) is 0.542. The van der Waals surface area contributed by atoms with Gasteiger partial charge in [-0.05, 0) is 85.9 Å². The van der Waals surface area contributed by atoms with Crippen molar-refractivity contribution in [3.05, 3.63) is 0 Å². The molecule has 0 amide bonds. The molecule has 0 aromatic rings. The minimum atomic E-state index is 0.156. The van der Waals surface area contributed by atoms with Gasteiger partial charge in [-0.1, -0.05) is 39.3 Å². The van der Waals surface area contributed by atoms with Gasteiger partial charge in [0, 0.05) is 12.0 Å². The summed E-state index contributed by atoms with van der Waals surface area (Å²) in [5.41, 5.74) is 8.17. The molecule has 6 atom stereocenters. The molecule has 3 nitrogen and oxygen atoms in total. The Bertz CT molecular complexity index is 571. The fourth-order valence-corrected chi connectivity index (χ4v) is 8.24. The van der Waals surface area contributed by atoms with Gasteiger partial charge in [-0.15, -0.1) is 0 Å². The molecular formula is C23H40N2O. The molecule has 4 rings (SSSR count). The zero-order valence-electron chi connectivity index (χ0n) is 17.5. The Morgan fingerprint density at radius 3 is 2.58 bits per heavy atom. The van der Waals surface area contributed by atoms with Gasteiger partial charge >= 0.3 is 0 Å². The van der Waals surface area contributed by atoms with Crippen LogP contribution >= 0.6 is 0 Å². The van der Waals surface area contributed by atoms with Crippen LogP contribution < -0.4 is 5.73 Å². The maximum Gasteiger partial charge on any atom is 0.129 e. The summed E-state index contributed by atoms with van der Waals surface area (Å²) in [5, 5.41) is 4.55. The molecule has 4 aliphatic rings. The van der Waals surface area contributed by atoms with Crippen LogP contribution in [0.3, 0.4) is 0 Å². The molecular weight excluding hydrogens is 320 g/mol. The fourth-order valence-electron chi connectivity index (χ4n) is 8.24. The number of nitrogens with zero attached hydrogens (tertiary/aromatic N) is 1. The molecule has 0 aromatic carbocycles. The number of rotatable bonds is 3. The largest absolute Gasteiger partial charge is 0.394 e. The summed E-state index contributed by atoms with van der Waals surface area (Å²) in [6.07, 6.45) is 12.7. The fraction of sp³-hybridized carbons (Fsp3) is 0.957. The predicted octanol–water partition coefficient (Wildman–Crippen LogP) is 5.39. The third kappa shape index (κ3) is 2.67. The highest BCUT2D eigenvalue weighted by molar-refractivity contribution is 5.90. The maximum atomic E-state index is 5.57.